The molecule has 0 heterocycles. The van der Waals surface area contributed by atoms with Crippen molar-refractivity contribution in [2.24, 2.45) is 0 Å². The third kappa shape index (κ3) is 40.1. The molecule has 0 bridgehead atoms. The van der Waals surface area contributed by atoms with E-state index in [2.05, 4.69) is 74.6 Å². The minimum atomic E-state index is -0.665. The van der Waals surface area contributed by atoms with E-state index in [1.807, 2.05) is 0 Å². The van der Waals surface area contributed by atoms with Crippen LogP contribution in [-0.4, -0.2) is 23.1 Å². The van der Waals surface area contributed by atoms with E-state index in [1.165, 1.54) is 109 Å². The summed E-state index contributed by atoms with van der Waals surface area (Å²) in [5, 5.41) is 8.66. The van der Waals surface area contributed by atoms with Gasteiger partial charge in [0.15, 0.2) is 0 Å². The second kappa shape index (κ2) is 41.1. The van der Waals surface area contributed by atoms with Crippen LogP contribution in [-0.2, 0) is 14.3 Å². The summed E-state index contributed by atoms with van der Waals surface area (Å²) in [6, 6.07) is 0. The van der Waals surface area contributed by atoms with Gasteiger partial charge in [-0.2, -0.15) is 0 Å². The van der Waals surface area contributed by atoms with Gasteiger partial charge in [-0.15, -0.1) is 0 Å². The monoisotopic (exact) mass is 697 g/mol. The summed E-state index contributed by atoms with van der Waals surface area (Å²) >= 11 is 0. The van der Waals surface area contributed by atoms with Crippen molar-refractivity contribution in [2.45, 2.75) is 219 Å². The van der Waals surface area contributed by atoms with Crippen LogP contribution in [0.1, 0.15) is 213 Å². The molecule has 0 rings (SSSR count). The van der Waals surface area contributed by atoms with E-state index in [0.717, 1.165) is 77.0 Å². The van der Waals surface area contributed by atoms with Crippen LogP contribution >= 0.6 is 0 Å². The molecule has 0 spiro atoms. The number of ether oxygens (including phenoxy) is 1. The van der Waals surface area contributed by atoms with E-state index in [0.29, 0.717) is 12.8 Å². The van der Waals surface area contributed by atoms with Gasteiger partial charge in [0, 0.05) is 12.8 Å². The Labute approximate surface area is 310 Å². The van der Waals surface area contributed by atoms with Crippen LogP contribution in [0.25, 0.3) is 0 Å². The highest BCUT2D eigenvalue weighted by Gasteiger charge is 2.12. The van der Waals surface area contributed by atoms with Gasteiger partial charge in [0.05, 0.1) is 0 Å². The van der Waals surface area contributed by atoms with Crippen LogP contribution < -0.4 is 0 Å². The molecule has 0 aliphatic rings. The maximum atomic E-state index is 12.4. The maximum absolute atomic E-state index is 12.4. The predicted molar refractivity (Wildman–Crippen MR) is 218 cm³/mol. The lowest BCUT2D eigenvalue weighted by atomic mass is 10.0. The highest BCUT2D eigenvalue weighted by atomic mass is 16.5. The number of carbonyl (C=O) groups excluding carboxylic acids is 1. The van der Waals surface area contributed by atoms with E-state index in [-0.39, 0.29) is 12.1 Å². The van der Waals surface area contributed by atoms with Gasteiger partial charge < -0.3 is 9.84 Å². The zero-order valence-electron chi connectivity index (χ0n) is 32.9. The third-order valence-electron chi connectivity index (χ3n) is 9.33. The zero-order chi connectivity index (χ0) is 36.4. The average molecular weight is 697 g/mol. The standard InChI is InChI=1S/C46H80O4/c1-3-5-6-7-8-9-10-11-12-13-14-15-16-17-22-25-28-31-34-37-40-43-46(49)50-44(4-2)41-38-35-32-29-26-23-20-18-19-21-24-27-30-33-36-39-42-45(47)48/h5-6,8-9,11-12,14-15,17,22,44H,3-4,7,10,13,16,18-21,23-43H2,1-2H3,(H,47,48)/b6-5-,9-8-,12-11-,15-14-,22-17-. The first-order valence-corrected chi connectivity index (χ1v) is 21.3. The lowest BCUT2D eigenvalue weighted by Gasteiger charge is -2.16. The van der Waals surface area contributed by atoms with Crippen molar-refractivity contribution < 1.29 is 19.4 Å². The summed E-state index contributed by atoms with van der Waals surface area (Å²) < 4.78 is 5.80. The zero-order valence-corrected chi connectivity index (χ0v) is 32.9. The van der Waals surface area contributed by atoms with Crippen molar-refractivity contribution in [1.29, 1.82) is 0 Å². The van der Waals surface area contributed by atoms with Crippen molar-refractivity contribution in [3.63, 3.8) is 0 Å². The van der Waals surface area contributed by atoms with Crippen LogP contribution in [0.4, 0.5) is 0 Å². The molecule has 0 aliphatic heterocycles. The summed E-state index contributed by atoms with van der Waals surface area (Å²) in [7, 11) is 0. The molecule has 4 nitrogen and oxygen atoms in total. The second-order valence-corrected chi connectivity index (χ2v) is 14.1. The molecule has 0 saturated carbocycles. The molecule has 0 fully saturated rings. The third-order valence-corrected chi connectivity index (χ3v) is 9.33. The van der Waals surface area contributed by atoms with E-state index in [1.54, 1.807) is 0 Å². The number of esters is 1. The average Bonchev–Trinajstić information content (AvgIpc) is 3.11. The van der Waals surface area contributed by atoms with E-state index >= 15 is 0 Å². The van der Waals surface area contributed by atoms with Gasteiger partial charge in [0.25, 0.3) is 0 Å². The largest absolute Gasteiger partial charge is 0.481 e. The van der Waals surface area contributed by atoms with Gasteiger partial charge in [-0.25, -0.2) is 0 Å². The summed E-state index contributed by atoms with van der Waals surface area (Å²) in [5.74, 6) is -0.662. The Kier molecular flexibility index (Phi) is 39.1. The Morgan fingerprint density at radius 3 is 1.24 bits per heavy atom. The van der Waals surface area contributed by atoms with Gasteiger partial charge in [-0.05, 0) is 77.0 Å². The summed E-state index contributed by atoms with van der Waals surface area (Å²) in [4.78, 5) is 22.9. The number of carboxylic acids is 1. The molecule has 1 atom stereocenters. The first-order valence-electron chi connectivity index (χ1n) is 21.3. The van der Waals surface area contributed by atoms with Crippen LogP contribution in [0.2, 0.25) is 0 Å². The van der Waals surface area contributed by atoms with Gasteiger partial charge in [0.2, 0.25) is 0 Å². The molecule has 0 radical (unpaired) electrons. The number of unbranched alkanes of at least 4 members (excludes halogenated alkanes) is 20. The molecule has 0 aromatic carbocycles. The molecule has 4 heteroatoms. The fourth-order valence-electron chi connectivity index (χ4n) is 6.14. The van der Waals surface area contributed by atoms with E-state index in [4.69, 9.17) is 9.84 Å². The fourth-order valence-corrected chi connectivity index (χ4v) is 6.14. The van der Waals surface area contributed by atoms with Gasteiger partial charge in [-0.3, -0.25) is 9.59 Å². The topological polar surface area (TPSA) is 63.6 Å². The molecular formula is C46H80O4. The number of carboxylic acid groups (broad SMARTS) is 1. The number of rotatable bonds is 38. The van der Waals surface area contributed by atoms with Gasteiger partial charge in [-0.1, -0.05) is 184 Å². The highest BCUT2D eigenvalue weighted by Crippen LogP contribution is 2.17. The normalized spacial score (nSPS) is 12.8. The Morgan fingerprint density at radius 1 is 0.460 bits per heavy atom. The first kappa shape index (κ1) is 47.6. The van der Waals surface area contributed by atoms with Gasteiger partial charge in [0.1, 0.15) is 6.10 Å². The number of allylic oxidation sites excluding steroid dienone is 10. The Morgan fingerprint density at radius 2 is 0.820 bits per heavy atom. The molecular weight excluding hydrogens is 617 g/mol. The van der Waals surface area contributed by atoms with Crippen molar-refractivity contribution in [3.8, 4) is 0 Å². The van der Waals surface area contributed by atoms with E-state index < -0.39 is 5.97 Å². The maximum Gasteiger partial charge on any atom is 0.306 e. The van der Waals surface area contributed by atoms with Crippen molar-refractivity contribution in [1.82, 2.24) is 0 Å². The lowest BCUT2D eigenvalue weighted by Crippen LogP contribution is -2.17. The summed E-state index contributed by atoms with van der Waals surface area (Å²) in [5.41, 5.74) is 0. The number of carbonyl (C=O) groups is 2. The molecule has 288 valence electrons. The number of hydrogen-bond acceptors (Lipinski definition) is 3. The van der Waals surface area contributed by atoms with Crippen molar-refractivity contribution >= 4 is 11.9 Å². The minimum Gasteiger partial charge on any atom is -0.481 e. The van der Waals surface area contributed by atoms with Crippen molar-refractivity contribution in [3.05, 3.63) is 60.8 Å². The molecule has 1 N–H and O–H groups in total. The molecule has 0 amide bonds. The number of hydrogen-bond donors (Lipinski definition) is 1. The predicted octanol–water partition coefficient (Wildman–Crippen LogP) is 14.9. The minimum absolute atomic E-state index is 0.00335. The SMILES string of the molecule is CC/C=C\C/C=C\C/C=C\C/C=C\C/C=C\CCCCCCCC(=O)OC(CC)CCCCCCCCCCCCCCCCCCC(=O)O. The molecule has 0 aromatic heterocycles. The van der Waals surface area contributed by atoms with Crippen molar-refractivity contribution in [2.75, 3.05) is 0 Å². The van der Waals surface area contributed by atoms with Crippen LogP contribution in [0, 0.1) is 0 Å². The first-order chi connectivity index (χ1) is 24.6. The second-order valence-electron chi connectivity index (χ2n) is 14.1. The van der Waals surface area contributed by atoms with Crippen LogP contribution in [0.5, 0.6) is 0 Å². The molecule has 50 heavy (non-hydrogen) atoms. The number of aliphatic carboxylic acids is 1. The summed E-state index contributed by atoms with van der Waals surface area (Å²) in [6.45, 7) is 4.30. The fraction of sp³-hybridized carbons (Fsp3) is 0.739. The van der Waals surface area contributed by atoms with Crippen LogP contribution in [0.3, 0.4) is 0 Å². The Balaban J connectivity index is 3.50. The molecule has 0 aromatic rings. The molecule has 1 unspecified atom stereocenters. The quantitative estimate of drug-likeness (QED) is 0.0396. The highest BCUT2D eigenvalue weighted by molar-refractivity contribution is 5.69. The smallest absolute Gasteiger partial charge is 0.306 e. The summed E-state index contributed by atoms with van der Waals surface area (Å²) in [6.07, 6.45) is 57.7. The molecule has 0 aliphatic carbocycles. The van der Waals surface area contributed by atoms with Gasteiger partial charge >= 0.3 is 11.9 Å². The Bertz CT molecular complexity index is 881. The molecule has 0 saturated heterocycles. The van der Waals surface area contributed by atoms with E-state index in [9.17, 15) is 9.59 Å². The Hall–Kier alpha value is -2.36. The van der Waals surface area contributed by atoms with Crippen LogP contribution in [0.15, 0.2) is 60.8 Å². The lowest BCUT2D eigenvalue weighted by molar-refractivity contribution is -0.149.